The number of carbonyl (C=O) groups is 2. The minimum atomic E-state index is -0.978. The van der Waals surface area contributed by atoms with Crippen LogP contribution in [0.5, 0.6) is 0 Å². The van der Waals surface area contributed by atoms with E-state index in [9.17, 15) is 14.7 Å². The van der Waals surface area contributed by atoms with Crippen molar-refractivity contribution in [2.75, 3.05) is 4.90 Å². The van der Waals surface area contributed by atoms with Crippen molar-refractivity contribution in [3.05, 3.63) is 41.2 Å². The Hall–Kier alpha value is -2.94. The Morgan fingerprint density at radius 1 is 1.35 bits per heavy atom. The first-order valence-electron chi connectivity index (χ1n) is 11.0. The summed E-state index contributed by atoms with van der Waals surface area (Å²) in [6, 6.07) is 5.05. The first kappa shape index (κ1) is 21.3. The molecule has 166 valence electrons. The minimum absolute atomic E-state index is 0.0594. The van der Waals surface area contributed by atoms with E-state index in [2.05, 4.69) is 33.0 Å². The van der Waals surface area contributed by atoms with Gasteiger partial charge in [0.15, 0.2) is 0 Å². The van der Waals surface area contributed by atoms with Crippen LogP contribution in [0.2, 0.25) is 0 Å². The van der Waals surface area contributed by atoms with Gasteiger partial charge in [-0.2, -0.15) is 15.4 Å². The quantitative estimate of drug-likeness (QED) is 0.525. The normalized spacial score (nSPS) is 23.1. The van der Waals surface area contributed by atoms with Gasteiger partial charge in [-0.1, -0.05) is 38.5 Å². The number of anilines is 1. The number of nitrogens with zero attached hydrogens (tertiary/aromatic N) is 3. The lowest BCUT2D eigenvalue weighted by atomic mass is 10.0. The Balaban J connectivity index is 1.54. The molecule has 4 atom stereocenters. The molecule has 0 saturated heterocycles. The number of aliphatic hydroxyl groups is 1. The van der Waals surface area contributed by atoms with E-state index in [1.54, 1.807) is 11.1 Å². The highest BCUT2D eigenvalue weighted by Crippen LogP contribution is 2.40. The van der Waals surface area contributed by atoms with Crippen molar-refractivity contribution < 1.29 is 14.7 Å². The molecule has 9 nitrogen and oxygen atoms in total. The number of aromatic amines is 1. The summed E-state index contributed by atoms with van der Waals surface area (Å²) in [6.07, 6.45) is 3.80. The number of nitrogens with one attached hydrogen (secondary N) is 3. The number of hydrogen-bond acceptors (Lipinski definition) is 6. The fourth-order valence-corrected chi connectivity index (χ4v) is 4.47. The summed E-state index contributed by atoms with van der Waals surface area (Å²) < 4.78 is 0. The predicted molar refractivity (Wildman–Crippen MR) is 115 cm³/mol. The van der Waals surface area contributed by atoms with Gasteiger partial charge in [0.05, 0.1) is 18.8 Å². The van der Waals surface area contributed by atoms with Crippen LogP contribution in [-0.4, -0.2) is 50.6 Å². The lowest BCUT2D eigenvalue weighted by Gasteiger charge is -2.35. The summed E-state index contributed by atoms with van der Waals surface area (Å²) in [4.78, 5) is 27.4. The highest BCUT2D eigenvalue weighted by Gasteiger charge is 2.43. The van der Waals surface area contributed by atoms with Crippen molar-refractivity contribution in [2.24, 2.45) is 5.92 Å². The Morgan fingerprint density at radius 3 is 2.90 bits per heavy atom. The second-order valence-electron chi connectivity index (χ2n) is 8.58. The summed E-state index contributed by atoms with van der Waals surface area (Å²) in [6.45, 7) is 4.36. The first-order valence-corrected chi connectivity index (χ1v) is 11.0. The lowest BCUT2D eigenvalue weighted by molar-refractivity contribution is -0.123. The van der Waals surface area contributed by atoms with Crippen LogP contribution < -0.4 is 15.5 Å². The molecule has 2 aliphatic rings. The van der Waals surface area contributed by atoms with Crippen molar-refractivity contribution in [1.82, 2.24) is 26.0 Å². The molecule has 2 amide bonds. The number of para-hydroxylation sites is 1. The molecule has 4 unspecified atom stereocenters. The number of aliphatic hydroxyl groups excluding tert-OH is 1. The Bertz CT molecular complexity index is 931. The van der Waals surface area contributed by atoms with Gasteiger partial charge in [-0.3, -0.25) is 9.59 Å². The van der Waals surface area contributed by atoms with Crippen molar-refractivity contribution >= 4 is 17.5 Å². The largest absolute Gasteiger partial charge is 0.371 e. The van der Waals surface area contributed by atoms with E-state index in [0.29, 0.717) is 25.0 Å². The molecule has 2 aliphatic heterocycles. The molecular weight excluding hydrogens is 396 g/mol. The number of aromatic nitrogens is 3. The maximum absolute atomic E-state index is 13.1. The van der Waals surface area contributed by atoms with Crippen molar-refractivity contribution in [3.8, 4) is 0 Å². The van der Waals surface area contributed by atoms with E-state index in [-0.39, 0.29) is 24.3 Å². The Kier molecular flexibility index (Phi) is 6.22. The molecule has 31 heavy (non-hydrogen) atoms. The van der Waals surface area contributed by atoms with Gasteiger partial charge in [-0.05, 0) is 29.9 Å². The van der Waals surface area contributed by atoms with Gasteiger partial charge >= 0.3 is 0 Å². The van der Waals surface area contributed by atoms with Gasteiger partial charge in [0.2, 0.25) is 11.8 Å². The summed E-state index contributed by atoms with van der Waals surface area (Å²) in [5.74, 6) is 0.0418. The van der Waals surface area contributed by atoms with Gasteiger partial charge in [-0.25, -0.2) is 0 Å². The van der Waals surface area contributed by atoms with Crippen LogP contribution in [0.1, 0.15) is 49.9 Å². The van der Waals surface area contributed by atoms with Crippen LogP contribution in [0.3, 0.4) is 0 Å². The molecule has 9 heteroatoms. The summed E-state index contributed by atoms with van der Waals surface area (Å²) >= 11 is 0. The molecule has 4 N–H and O–H groups in total. The minimum Gasteiger partial charge on any atom is -0.371 e. The number of benzene rings is 1. The van der Waals surface area contributed by atoms with Gasteiger partial charge < -0.3 is 20.6 Å². The van der Waals surface area contributed by atoms with E-state index in [0.717, 1.165) is 29.7 Å². The van der Waals surface area contributed by atoms with Crippen LogP contribution >= 0.6 is 0 Å². The van der Waals surface area contributed by atoms with Gasteiger partial charge in [0, 0.05) is 18.5 Å². The van der Waals surface area contributed by atoms with E-state index in [1.807, 2.05) is 25.1 Å². The van der Waals surface area contributed by atoms with Crippen LogP contribution in [-0.2, 0) is 29.0 Å². The molecule has 0 radical (unpaired) electrons. The van der Waals surface area contributed by atoms with Crippen LogP contribution in [0.15, 0.2) is 24.4 Å². The third kappa shape index (κ3) is 4.41. The average Bonchev–Trinajstić information content (AvgIpc) is 3.39. The van der Waals surface area contributed by atoms with Gasteiger partial charge in [0.1, 0.15) is 18.0 Å². The molecule has 0 saturated carbocycles. The second kappa shape index (κ2) is 9.05. The Morgan fingerprint density at radius 2 is 2.16 bits per heavy atom. The summed E-state index contributed by atoms with van der Waals surface area (Å²) in [7, 11) is 0. The maximum atomic E-state index is 13.1. The third-order valence-corrected chi connectivity index (χ3v) is 6.37. The number of amides is 2. The third-order valence-electron chi connectivity index (χ3n) is 6.37. The number of H-pyrrole nitrogens is 1. The number of aryl methyl sites for hydroxylation is 1. The molecule has 0 spiro atoms. The van der Waals surface area contributed by atoms with E-state index in [4.69, 9.17) is 0 Å². The lowest BCUT2D eigenvalue weighted by Crippen LogP contribution is -2.57. The zero-order chi connectivity index (χ0) is 22.0. The highest BCUT2D eigenvalue weighted by molar-refractivity contribution is 5.89. The summed E-state index contributed by atoms with van der Waals surface area (Å²) in [5, 5.41) is 27.5. The molecule has 3 heterocycles. The monoisotopic (exact) mass is 426 g/mol. The Labute approximate surface area is 181 Å². The first-order chi connectivity index (χ1) is 15.0. The molecule has 2 aromatic rings. The average molecular weight is 427 g/mol. The smallest absolute Gasteiger partial charge is 0.243 e. The predicted octanol–water partition coefficient (Wildman–Crippen LogP) is 1.04. The van der Waals surface area contributed by atoms with Crippen LogP contribution in [0, 0.1) is 5.92 Å². The van der Waals surface area contributed by atoms with Crippen molar-refractivity contribution in [1.29, 1.82) is 0 Å². The van der Waals surface area contributed by atoms with Gasteiger partial charge in [-0.15, -0.1) is 0 Å². The summed E-state index contributed by atoms with van der Waals surface area (Å²) in [5.41, 5.74) is 3.71. The van der Waals surface area contributed by atoms with Crippen molar-refractivity contribution in [3.63, 3.8) is 0 Å². The molecule has 4 rings (SSSR count). The number of carbonyl (C=O) groups excluding carboxylic acids is 2. The maximum Gasteiger partial charge on any atom is 0.243 e. The zero-order valence-electron chi connectivity index (χ0n) is 18.0. The second-order valence-corrected chi connectivity index (χ2v) is 8.58. The van der Waals surface area contributed by atoms with Crippen molar-refractivity contribution in [2.45, 2.75) is 70.8 Å². The molecule has 1 aromatic heterocycles. The van der Waals surface area contributed by atoms with Crippen LogP contribution in [0.25, 0.3) is 0 Å². The fourth-order valence-electron chi connectivity index (χ4n) is 4.47. The highest BCUT2D eigenvalue weighted by atomic mass is 16.3. The molecular formula is C22H30N6O3. The molecule has 0 aliphatic carbocycles. The van der Waals surface area contributed by atoms with Gasteiger partial charge in [0.25, 0.3) is 0 Å². The zero-order valence-corrected chi connectivity index (χ0v) is 18.0. The number of hydrogen-bond donors (Lipinski definition) is 4. The molecule has 0 fully saturated rings. The van der Waals surface area contributed by atoms with Crippen LogP contribution in [0.4, 0.5) is 5.69 Å². The SMILES string of the molecule is CCC(C)CC(=O)NC1CCc2cccc3c2N(C(C(=O)NCc2cn[nH]n2)C3)C1O. The topological polar surface area (TPSA) is 123 Å². The standard InChI is InChI=1S/C22H30N6O3/c1-3-13(2)9-19(29)25-17-8-7-14-5-4-6-15-10-18(28(20(14)15)22(17)31)21(30)23-11-16-12-24-27-26-16/h4-6,12-13,17-18,22,31H,3,7-11H2,1-2H3,(H,23,30)(H,25,29)(H,24,26,27). The molecule has 0 bridgehead atoms. The van der Waals surface area contributed by atoms with E-state index in [1.165, 1.54) is 0 Å². The van der Waals surface area contributed by atoms with E-state index < -0.39 is 18.3 Å². The fraction of sp³-hybridized carbons (Fsp3) is 0.545. The van der Waals surface area contributed by atoms with E-state index >= 15 is 0 Å². The molecule has 1 aromatic carbocycles. The number of rotatable bonds is 7.